The molecule has 0 N–H and O–H groups in total. The zero-order valence-electron chi connectivity index (χ0n) is 19.3. The molecule has 0 fully saturated rings. The number of esters is 1. The zero-order valence-corrected chi connectivity index (χ0v) is 22.5. The molecule has 1 aliphatic rings. The topological polar surface area (TPSA) is 72.4 Å². The van der Waals surface area contributed by atoms with Crippen molar-refractivity contribution < 1.29 is 14.3 Å². The molecule has 0 spiro atoms. The fourth-order valence-electron chi connectivity index (χ4n) is 4.46. The molecule has 6 nitrogen and oxygen atoms in total. The second kappa shape index (κ2) is 10.3. The molecular formula is C28H21Br2N3O3. The number of rotatable bonds is 4. The van der Waals surface area contributed by atoms with E-state index in [1.54, 1.807) is 23.4 Å². The van der Waals surface area contributed by atoms with Crippen molar-refractivity contribution in [2.45, 2.75) is 12.5 Å². The third-order valence-electron chi connectivity index (χ3n) is 6.20. The first-order valence-corrected chi connectivity index (χ1v) is 12.9. The Morgan fingerprint density at radius 1 is 1.00 bits per heavy atom. The number of halogens is 2. The smallest absolute Gasteiger partial charge is 0.333 e. The first-order chi connectivity index (χ1) is 17.4. The number of nitrogens with zero attached hydrogens (tertiary/aromatic N) is 3. The summed E-state index contributed by atoms with van der Waals surface area (Å²) in [5, 5.41) is 0.707. The van der Waals surface area contributed by atoms with E-state index in [-0.39, 0.29) is 5.91 Å². The van der Waals surface area contributed by atoms with Crippen molar-refractivity contribution in [3.05, 3.63) is 104 Å². The van der Waals surface area contributed by atoms with Crippen LogP contribution in [0.5, 0.6) is 0 Å². The molecule has 1 unspecified atom stereocenters. The quantitative estimate of drug-likeness (QED) is 0.257. The van der Waals surface area contributed by atoms with Crippen molar-refractivity contribution >= 4 is 66.8 Å². The van der Waals surface area contributed by atoms with E-state index < -0.39 is 12.0 Å². The Hall–Kier alpha value is -3.36. The molecular weight excluding hydrogens is 586 g/mol. The Bertz CT molecular complexity index is 1510. The van der Waals surface area contributed by atoms with Gasteiger partial charge in [0.05, 0.1) is 23.9 Å². The number of pyridine rings is 2. The van der Waals surface area contributed by atoms with E-state index >= 15 is 0 Å². The van der Waals surface area contributed by atoms with E-state index in [1.165, 1.54) is 7.11 Å². The summed E-state index contributed by atoms with van der Waals surface area (Å²) in [6.45, 7) is 0.396. The van der Waals surface area contributed by atoms with Crippen LogP contribution in [0.1, 0.15) is 38.8 Å². The number of methoxy groups -OCH3 is 1. The van der Waals surface area contributed by atoms with Crippen LogP contribution in [0.3, 0.4) is 0 Å². The average Bonchev–Trinajstić information content (AvgIpc) is 2.90. The third kappa shape index (κ3) is 4.83. The lowest BCUT2D eigenvalue weighted by Gasteiger charge is -2.36. The molecule has 1 atom stereocenters. The molecule has 5 rings (SSSR count). The Morgan fingerprint density at radius 3 is 2.53 bits per heavy atom. The van der Waals surface area contributed by atoms with E-state index in [1.807, 2.05) is 60.7 Å². The second-order valence-corrected chi connectivity index (χ2v) is 10.2. The van der Waals surface area contributed by atoms with Crippen LogP contribution in [0.15, 0.2) is 75.9 Å². The van der Waals surface area contributed by atoms with Crippen LogP contribution in [-0.4, -0.2) is 40.4 Å². The van der Waals surface area contributed by atoms with Crippen molar-refractivity contribution in [1.29, 1.82) is 0 Å². The molecule has 180 valence electrons. The minimum absolute atomic E-state index is 0.250. The Morgan fingerprint density at radius 2 is 1.75 bits per heavy atom. The summed E-state index contributed by atoms with van der Waals surface area (Å²) in [6, 6.07) is 16.2. The summed E-state index contributed by atoms with van der Waals surface area (Å²) in [6.07, 6.45) is 7.88. The Kier molecular flexibility index (Phi) is 6.98. The molecule has 1 aliphatic heterocycles. The molecule has 0 aliphatic carbocycles. The summed E-state index contributed by atoms with van der Waals surface area (Å²) in [4.78, 5) is 37.5. The van der Waals surface area contributed by atoms with Gasteiger partial charge in [0, 0.05) is 33.3 Å². The molecule has 0 radical (unpaired) electrons. The van der Waals surface area contributed by atoms with Crippen molar-refractivity contribution in [2.24, 2.45) is 0 Å². The molecule has 8 heteroatoms. The number of carbonyl (C=O) groups is 2. The maximum Gasteiger partial charge on any atom is 0.333 e. The van der Waals surface area contributed by atoms with Gasteiger partial charge in [0.25, 0.3) is 5.91 Å². The number of aromatic nitrogens is 2. The molecule has 1 amide bonds. The van der Waals surface area contributed by atoms with Crippen LogP contribution < -0.4 is 0 Å². The first-order valence-electron chi connectivity index (χ1n) is 11.3. The molecule has 2 aromatic carbocycles. The van der Waals surface area contributed by atoms with Gasteiger partial charge in [-0.15, -0.1) is 0 Å². The second-order valence-electron chi connectivity index (χ2n) is 8.39. The highest BCUT2D eigenvalue weighted by atomic mass is 79.9. The summed E-state index contributed by atoms with van der Waals surface area (Å²) in [5.41, 5.74) is 4.57. The van der Waals surface area contributed by atoms with E-state index in [0.29, 0.717) is 35.1 Å². The molecule has 36 heavy (non-hydrogen) atoms. The minimum Gasteiger partial charge on any atom is -0.467 e. The van der Waals surface area contributed by atoms with Gasteiger partial charge in [-0.1, -0.05) is 44.0 Å². The fraction of sp³-hybridized carbons (Fsp3) is 0.143. The predicted octanol–water partition coefficient (Wildman–Crippen LogP) is 6.24. The lowest BCUT2D eigenvalue weighted by molar-refractivity contribution is -0.146. The van der Waals surface area contributed by atoms with Gasteiger partial charge in [0.15, 0.2) is 6.04 Å². The highest BCUT2D eigenvalue weighted by Gasteiger charge is 2.37. The van der Waals surface area contributed by atoms with Gasteiger partial charge in [0.2, 0.25) is 0 Å². The maximum atomic E-state index is 14.1. The van der Waals surface area contributed by atoms with Crippen LogP contribution in [0, 0.1) is 0 Å². The SMILES string of the molecule is COC(=O)C1c2cc(Br)ccc2CCN1C(=O)c1cc(/C=C/c2ccncc2)nc2ccc(Br)cc12. The molecule has 3 heterocycles. The van der Waals surface area contributed by atoms with Gasteiger partial charge in [-0.25, -0.2) is 9.78 Å². The lowest BCUT2D eigenvalue weighted by atomic mass is 9.91. The molecule has 0 saturated heterocycles. The van der Waals surface area contributed by atoms with Gasteiger partial charge in [0.1, 0.15) is 0 Å². The van der Waals surface area contributed by atoms with Crippen molar-refractivity contribution in [3.8, 4) is 0 Å². The number of amides is 1. The van der Waals surface area contributed by atoms with Crippen molar-refractivity contribution in [3.63, 3.8) is 0 Å². The largest absolute Gasteiger partial charge is 0.467 e. The summed E-state index contributed by atoms with van der Waals surface area (Å²) in [7, 11) is 1.35. The van der Waals surface area contributed by atoms with Gasteiger partial charge in [-0.2, -0.15) is 0 Å². The first kappa shape index (κ1) is 24.3. The maximum absolute atomic E-state index is 14.1. The van der Waals surface area contributed by atoms with Crippen molar-refractivity contribution in [2.75, 3.05) is 13.7 Å². The number of hydrogen-bond donors (Lipinski definition) is 0. The van der Waals surface area contributed by atoms with E-state index in [9.17, 15) is 9.59 Å². The number of fused-ring (bicyclic) bond motifs is 2. The Labute approximate surface area is 225 Å². The highest BCUT2D eigenvalue weighted by molar-refractivity contribution is 9.10. The molecule has 0 bridgehead atoms. The van der Waals surface area contributed by atoms with Crippen LogP contribution in [0.4, 0.5) is 0 Å². The normalized spacial score (nSPS) is 15.2. The minimum atomic E-state index is -0.838. The third-order valence-corrected chi connectivity index (χ3v) is 7.18. The average molecular weight is 607 g/mol. The number of carbonyl (C=O) groups excluding carboxylic acids is 2. The van der Waals surface area contributed by atoms with Crippen LogP contribution in [0.2, 0.25) is 0 Å². The monoisotopic (exact) mass is 605 g/mol. The van der Waals surface area contributed by atoms with Gasteiger partial charge >= 0.3 is 5.97 Å². The van der Waals surface area contributed by atoms with Crippen LogP contribution >= 0.6 is 31.9 Å². The zero-order chi connectivity index (χ0) is 25.2. The number of benzene rings is 2. The van der Waals surface area contributed by atoms with Crippen LogP contribution in [-0.2, 0) is 16.0 Å². The lowest BCUT2D eigenvalue weighted by Crippen LogP contribution is -2.44. The number of hydrogen-bond acceptors (Lipinski definition) is 5. The van der Waals surface area contributed by atoms with Crippen molar-refractivity contribution in [1.82, 2.24) is 14.9 Å². The summed E-state index contributed by atoms with van der Waals surface area (Å²) < 4.78 is 6.81. The predicted molar refractivity (Wildman–Crippen MR) is 146 cm³/mol. The summed E-state index contributed by atoms with van der Waals surface area (Å²) >= 11 is 7.01. The molecule has 4 aromatic rings. The van der Waals surface area contributed by atoms with Gasteiger partial charge in [-0.05, 0) is 77.7 Å². The van der Waals surface area contributed by atoms with E-state index in [2.05, 4.69) is 36.8 Å². The highest BCUT2D eigenvalue weighted by Crippen LogP contribution is 2.35. The Balaban J connectivity index is 1.61. The van der Waals surface area contributed by atoms with E-state index in [4.69, 9.17) is 9.72 Å². The summed E-state index contributed by atoms with van der Waals surface area (Å²) in [5.74, 6) is -0.722. The molecule has 0 saturated carbocycles. The van der Waals surface area contributed by atoms with Gasteiger partial charge < -0.3 is 9.64 Å². The standard InChI is InChI=1S/C28H21Br2N3O3/c1-36-28(35)26-22-14-19(29)4-3-18(22)10-13-33(26)27(34)24-16-21(6-2-17-8-11-31-12-9-17)32-25-7-5-20(30)15-23(24)25/h2-9,11-12,14-16,26H,10,13H2,1H3/b6-2+. The molecule has 2 aromatic heterocycles. The van der Waals surface area contributed by atoms with E-state index in [0.717, 1.165) is 25.6 Å². The van der Waals surface area contributed by atoms with Gasteiger partial charge in [-0.3, -0.25) is 9.78 Å². The number of ether oxygens (including phenoxy) is 1. The van der Waals surface area contributed by atoms with Crippen LogP contribution in [0.25, 0.3) is 23.1 Å². The fourth-order valence-corrected chi connectivity index (χ4v) is 5.20.